The number of amides is 2. The van der Waals surface area contributed by atoms with Crippen molar-refractivity contribution >= 4 is 43.1 Å². The Morgan fingerprint density at radius 3 is 1.52 bits per heavy atom. The van der Waals surface area contributed by atoms with Crippen molar-refractivity contribution in [2.75, 3.05) is 32.3 Å². The highest BCUT2D eigenvalue weighted by Crippen LogP contribution is 2.54. The molecular formula is C52H60Cl2N8O2Si. The minimum absolute atomic E-state index is 0.120. The van der Waals surface area contributed by atoms with Crippen LogP contribution in [0.4, 0.5) is 0 Å². The number of imidazole rings is 2. The molecule has 0 bridgehead atoms. The van der Waals surface area contributed by atoms with E-state index in [0.717, 1.165) is 108 Å². The van der Waals surface area contributed by atoms with Gasteiger partial charge in [0.25, 0.3) is 0 Å². The second-order valence-electron chi connectivity index (χ2n) is 18.7. The van der Waals surface area contributed by atoms with Gasteiger partial charge in [0.1, 0.15) is 23.7 Å². The molecule has 3 aliphatic rings. The Hall–Kier alpha value is -5.04. The summed E-state index contributed by atoms with van der Waals surface area (Å²) in [5.74, 6) is 2.22. The van der Waals surface area contributed by atoms with Gasteiger partial charge in [0.2, 0.25) is 11.8 Å². The van der Waals surface area contributed by atoms with Crippen molar-refractivity contribution in [2.24, 2.45) is 5.92 Å². The van der Waals surface area contributed by atoms with Gasteiger partial charge in [0.15, 0.2) is 10.3 Å². The Morgan fingerprint density at radius 1 is 0.631 bits per heavy atom. The van der Waals surface area contributed by atoms with Crippen molar-refractivity contribution < 1.29 is 9.59 Å². The second-order valence-corrected chi connectivity index (χ2v) is 24.5. The van der Waals surface area contributed by atoms with Gasteiger partial charge in [-0.3, -0.25) is 19.4 Å². The number of fused-ring (bicyclic) bond motifs is 1. The van der Waals surface area contributed by atoms with Gasteiger partial charge in [-0.15, -0.1) is 0 Å². The number of H-pyrrole nitrogens is 2. The van der Waals surface area contributed by atoms with Crippen LogP contribution in [0, 0.1) is 5.92 Å². The summed E-state index contributed by atoms with van der Waals surface area (Å²) in [6.45, 7) is 16.3. The molecule has 13 heteroatoms. The topological polar surface area (TPSA) is 104 Å². The molecule has 4 heterocycles. The van der Waals surface area contributed by atoms with Gasteiger partial charge in [-0.1, -0.05) is 173 Å². The minimum Gasteiger partial charge on any atom is -0.339 e. The van der Waals surface area contributed by atoms with Crippen molar-refractivity contribution in [3.8, 4) is 33.6 Å². The molecule has 6 aromatic rings. The van der Waals surface area contributed by atoms with Crippen LogP contribution in [-0.4, -0.2) is 97.8 Å². The van der Waals surface area contributed by atoms with Gasteiger partial charge in [-0.05, 0) is 73.2 Å². The zero-order valence-electron chi connectivity index (χ0n) is 38.3. The minimum atomic E-state index is -1.75. The third-order valence-corrected chi connectivity index (χ3v) is 17.3. The van der Waals surface area contributed by atoms with E-state index in [2.05, 4.69) is 143 Å². The largest absolute Gasteiger partial charge is 0.339 e. The Morgan fingerprint density at radius 2 is 1.06 bits per heavy atom. The Labute approximate surface area is 394 Å². The van der Waals surface area contributed by atoms with E-state index < -0.39 is 8.07 Å². The lowest BCUT2D eigenvalue weighted by molar-refractivity contribution is -0.140. The molecule has 2 N–H and O–H groups in total. The lowest BCUT2D eigenvalue weighted by atomic mass is 10.0. The van der Waals surface area contributed by atoms with E-state index in [9.17, 15) is 9.59 Å². The van der Waals surface area contributed by atoms with E-state index in [-0.39, 0.29) is 42.0 Å². The summed E-state index contributed by atoms with van der Waals surface area (Å²) in [7, 11) is -1.75. The number of halogens is 2. The van der Waals surface area contributed by atoms with Gasteiger partial charge in [0, 0.05) is 23.3 Å². The number of nitrogens with zero attached hydrogens (tertiary/aromatic N) is 6. The molecule has 1 saturated carbocycles. The number of hydrogen-bond acceptors (Lipinski definition) is 6. The Bertz CT molecular complexity index is 2610. The first-order valence-corrected chi connectivity index (χ1v) is 27.5. The first kappa shape index (κ1) is 45.1. The van der Waals surface area contributed by atoms with E-state index in [1.807, 2.05) is 36.4 Å². The standard InChI is InChI=1S/C52H60Cl2N8O2Si/c1-7-59(8-2)45(37-17-13-11-14-18-37)51(63)61-32-65(5,6)31-42(61)50-56-44(48(54)58-50)36-27-23-34(24-28-36)33-21-25-35(26-22-33)43-47(53)57-49(55-43)41-30-39-29-40(39)62(41)52(64)46(60(9-3)10-4)38-19-15-12-16-20-38/h11-28,39-42,45-46H,7-10,29-32H2,1-6H3,(H,55,57)(H,56,58)/t39-,40-,41+,42+,45-,46-/m1/s1. The maximum atomic E-state index is 14.6. The number of aromatic amines is 2. The summed E-state index contributed by atoms with van der Waals surface area (Å²) in [6.07, 6.45) is 2.68. The summed E-state index contributed by atoms with van der Waals surface area (Å²) >= 11 is 13.8. The average Bonchev–Trinajstić information content (AvgIpc) is 3.59. The van der Waals surface area contributed by atoms with Crippen LogP contribution in [0.1, 0.15) is 87.5 Å². The highest BCUT2D eigenvalue weighted by atomic mass is 35.5. The molecule has 2 amide bonds. The molecule has 0 spiro atoms. The lowest BCUT2D eigenvalue weighted by Gasteiger charge is -2.35. The number of benzene rings is 4. The SMILES string of the molecule is CCN(CC)[C@@H](C(=O)N1C[Si](C)(C)C[C@H]1c1nc(Cl)c(-c2ccc(-c3ccc(-c4[nH]c([C@@H]5C[C@H]6C[C@H]6N5C(=O)[C@@H](c5ccccc5)N(CC)CC)nc4Cl)cc3)cc2)[nH]1)c1ccccc1. The summed E-state index contributed by atoms with van der Waals surface area (Å²) in [5, 5.41) is 0.803. The maximum absolute atomic E-state index is 14.6. The zero-order chi connectivity index (χ0) is 45.6. The fourth-order valence-corrected chi connectivity index (χ4v) is 14.0. The van der Waals surface area contributed by atoms with E-state index in [1.54, 1.807) is 0 Å². The number of carbonyl (C=O) groups excluding carboxylic acids is 2. The van der Waals surface area contributed by atoms with Crippen LogP contribution in [0.25, 0.3) is 33.6 Å². The molecule has 9 rings (SSSR count). The maximum Gasteiger partial charge on any atom is 0.245 e. The number of likely N-dealkylation sites (N-methyl/N-ethyl adjacent to an activating group) is 2. The second kappa shape index (κ2) is 18.7. The number of likely N-dealkylation sites (tertiary alicyclic amines) is 1. The van der Waals surface area contributed by atoms with Crippen molar-refractivity contribution in [3.63, 3.8) is 0 Å². The van der Waals surface area contributed by atoms with E-state index in [0.29, 0.717) is 16.2 Å². The summed E-state index contributed by atoms with van der Waals surface area (Å²) < 4.78 is 0. The predicted octanol–water partition coefficient (Wildman–Crippen LogP) is 11.4. The van der Waals surface area contributed by atoms with Crippen LogP contribution in [0.2, 0.25) is 29.4 Å². The first-order chi connectivity index (χ1) is 31.4. The molecule has 2 aromatic heterocycles. The summed E-state index contributed by atoms with van der Waals surface area (Å²) in [6, 6.07) is 37.0. The fourth-order valence-electron chi connectivity index (χ4n) is 10.6. The quantitative estimate of drug-likeness (QED) is 0.0994. The van der Waals surface area contributed by atoms with Crippen LogP contribution < -0.4 is 0 Å². The van der Waals surface area contributed by atoms with Gasteiger partial charge < -0.3 is 19.8 Å². The number of nitrogens with one attached hydrogen (secondary N) is 2. The lowest BCUT2D eigenvalue weighted by Crippen LogP contribution is -2.44. The van der Waals surface area contributed by atoms with Crippen molar-refractivity contribution in [1.82, 2.24) is 39.5 Å². The summed E-state index contributed by atoms with van der Waals surface area (Å²) in [4.78, 5) is 54.7. The summed E-state index contributed by atoms with van der Waals surface area (Å²) in [5.41, 5.74) is 7.49. The number of rotatable bonds is 15. The Kier molecular flexibility index (Phi) is 13.0. The molecule has 2 aliphatic heterocycles. The van der Waals surface area contributed by atoms with Crippen LogP contribution >= 0.6 is 23.2 Å². The molecule has 1 aliphatic carbocycles. The van der Waals surface area contributed by atoms with Gasteiger partial charge in [0.05, 0.1) is 31.5 Å². The fraction of sp³-hybridized carbons (Fsp3) is 0.385. The van der Waals surface area contributed by atoms with E-state index >= 15 is 0 Å². The molecular weight excluding hydrogens is 868 g/mol. The molecule has 65 heavy (non-hydrogen) atoms. The molecule has 2 saturated heterocycles. The number of aromatic nitrogens is 4. The van der Waals surface area contributed by atoms with Crippen LogP contribution in [0.3, 0.4) is 0 Å². The smallest absolute Gasteiger partial charge is 0.245 e. The van der Waals surface area contributed by atoms with Gasteiger partial charge in [-0.25, -0.2) is 9.97 Å². The normalized spacial score (nSPS) is 21.0. The van der Waals surface area contributed by atoms with E-state index in [4.69, 9.17) is 33.2 Å². The number of piperidine rings is 1. The highest BCUT2D eigenvalue weighted by Gasteiger charge is 2.56. The van der Waals surface area contributed by atoms with Gasteiger partial charge in [-0.2, -0.15) is 0 Å². The number of carbonyl (C=O) groups is 2. The van der Waals surface area contributed by atoms with Crippen LogP contribution in [0.15, 0.2) is 109 Å². The highest BCUT2D eigenvalue weighted by molar-refractivity contribution is 6.78. The number of hydrogen-bond donors (Lipinski definition) is 2. The van der Waals surface area contributed by atoms with Gasteiger partial charge >= 0.3 is 0 Å². The first-order valence-electron chi connectivity index (χ1n) is 23.4. The van der Waals surface area contributed by atoms with Crippen LogP contribution in [-0.2, 0) is 9.59 Å². The monoisotopic (exact) mass is 926 g/mol. The molecule has 6 atom stereocenters. The molecule has 10 nitrogen and oxygen atoms in total. The Balaban J connectivity index is 0.916. The van der Waals surface area contributed by atoms with Crippen molar-refractivity contribution in [1.29, 1.82) is 0 Å². The molecule has 0 unspecified atom stereocenters. The zero-order valence-corrected chi connectivity index (χ0v) is 40.8. The molecule has 3 fully saturated rings. The van der Waals surface area contributed by atoms with Crippen molar-refractivity contribution in [2.45, 2.75) is 89.9 Å². The third kappa shape index (κ3) is 8.86. The average molecular weight is 928 g/mol. The van der Waals surface area contributed by atoms with Crippen molar-refractivity contribution in [3.05, 3.63) is 142 Å². The van der Waals surface area contributed by atoms with Crippen LogP contribution in [0.5, 0.6) is 0 Å². The predicted molar refractivity (Wildman–Crippen MR) is 264 cm³/mol. The molecule has 0 radical (unpaired) electrons. The van der Waals surface area contributed by atoms with E-state index in [1.165, 1.54) is 0 Å². The molecule has 338 valence electrons. The third-order valence-electron chi connectivity index (χ3n) is 14.1. The molecule has 4 aromatic carbocycles.